The topological polar surface area (TPSA) is 112 Å². The molecule has 1 aliphatic carbocycles. The van der Waals surface area contributed by atoms with E-state index in [0.29, 0.717) is 23.5 Å². The van der Waals surface area contributed by atoms with Crippen molar-refractivity contribution in [1.29, 1.82) is 0 Å². The number of carbonyl (C=O) groups is 2. The standard InChI is InChI=1S/C24H26BrN3O3.C15H14O4/c1-27-13-17-8-21-24(30-3,19-5-4-6-20(27)22(17)19)9-15(12-28(21)2)14-31-23(29)16-7-18(25)11-26-10-16;1-18-11-8-12(16)14(13(9-11)19-2)15(17)10-6-4-3-5-7-10/h4-7,10-11,13,15,21H,8-9,12,14H2,1-3H3;3-9,16H,1-2H3. The summed E-state index contributed by atoms with van der Waals surface area (Å²) >= 11 is 3.35. The normalized spacial score (nSPS) is 19.6. The number of methoxy groups -OCH3 is 3. The van der Waals surface area contributed by atoms with Gasteiger partial charge in [0.05, 0.1) is 26.4 Å². The highest BCUT2D eigenvalue weighted by molar-refractivity contribution is 9.10. The number of phenolic OH excluding ortho intramolecular Hbond substituents is 1. The molecule has 11 heteroatoms. The molecule has 0 spiro atoms. The second-order valence-electron chi connectivity index (χ2n) is 12.7. The van der Waals surface area contributed by atoms with E-state index in [1.165, 1.54) is 48.5 Å². The summed E-state index contributed by atoms with van der Waals surface area (Å²) in [5, 5.41) is 11.3. The number of ether oxygens (including phenoxy) is 4. The van der Waals surface area contributed by atoms with Gasteiger partial charge in [0, 0.05) is 84.3 Å². The van der Waals surface area contributed by atoms with E-state index in [4.69, 9.17) is 18.9 Å². The Morgan fingerprint density at radius 2 is 1.76 bits per heavy atom. The van der Waals surface area contributed by atoms with E-state index in [2.05, 4.69) is 68.9 Å². The smallest absolute Gasteiger partial charge is 0.339 e. The molecule has 1 aliphatic heterocycles. The summed E-state index contributed by atoms with van der Waals surface area (Å²) in [4.78, 5) is 31.3. The van der Waals surface area contributed by atoms with Gasteiger partial charge in [-0.25, -0.2) is 4.79 Å². The van der Waals surface area contributed by atoms with Gasteiger partial charge in [0.25, 0.3) is 0 Å². The number of phenols is 1. The van der Waals surface area contributed by atoms with Gasteiger partial charge in [0.15, 0.2) is 0 Å². The molecule has 10 nitrogen and oxygen atoms in total. The molecule has 1 fully saturated rings. The highest BCUT2D eigenvalue weighted by Gasteiger charge is 2.52. The molecule has 0 amide bonds. The Hall–Kier alpha value is -4.71. The number of ketones is 1. The zero-order chi connectivity index (χ0) is 35.6. The summed E-state index contributed by atoms with van der Waals surface area (Å²) in [5.74, 6) is 0.0826. The van der Waals surface area contributed by atoms with E-state index < -0.39 is 5.60 Å². The number of piperidine rings is 1. The first-order valence-electron chi connectivity index (χ1n) is 16.2. The second kappa shape index (κ2) is 14.6. The van der Waals surface area contributed by atoms with Crippen molar-refractivity contribution >= 4 is 38.6 Å². The Balaban J connectivity index is 0.000000195. The van der Waals surface area contributed by atoms with Crippen molar-refractivity contribution in [2.24, 2.45) is 13.0 Å². The van der Waals surface area contributed by atoms with Crippen molar-refractivity contribution in [3.8, 4) is 17.2 Å². The number of hydrogen-bond donors (Lipinski definition) is 1. The third-order valence-corrected chi connectivity index (χ3v) is 10.1. The molecule has 2 aliphatic rings. The van der Waals surface area contributed by atoms with Crippen molar-refractivity contribution < 1.29 is 33.6 Å². The summed E-state index contributed by atoms with van der Waals surface area (Å²) in [7, 11) is 8.99. The molecule has 0 saturated carbocycles. The second-order valence-corrected chi connectivity index (χ2v) is 13.6. The van der Waals surface area contributed by atoms with Gasteiger partial charge in [-0.05, 0) is 59.1 Å². The van der Waals surface area contributed by atoms with E-state index >= 15 is 0 Å². The maximum absolute atomic E-state index is 12.5. The minimum absolute atomic E-state index is 0.134. The number of aromatic hydroxyl groups is 1. The highest BCUT2D eigenvalue weighted by Crippen LogP contribution is 2.49. The van der Waals surface area contributed by atoms with Crippen LogP contribution < -0.4 is 9.47 Å². The van der Waals surface area contributed by atoms with E-state index in [9.17, 15) is 14.7 Å². The summed E-state index contributed by atoms with van der Waals surface area (Å²) in [6, 6.07) is 20.1. The monoisotopic (exact) mass is 741 g/mol. The number of esters is 1. The summed E-state index contributed by atoms with van der Waals surface area (Å²) in [6.07, 6.45) is 7.20. The van der Waals surface area contributed by atoms with Crippen LogP contribution in [-0.4, -0.2) is 78.9 Å². The first-order chi connectivity index (χ1) is 24.1. The molecule has 0 radical (unpaired) electrons. The van der Waals surface area contributed by atoms with Crippen molar-refractivity contribution in [1.82, 2.24) is 14.5 Å². The Bertz CT molecular complexity index is 2030. The molecule has 260 valence electrons. The first-order valence-corrected chi connectivity index (χ1v) is 17.0. The number of hydrogen-bond acceptors (Lipinski definition) is 9. The van der Waals surface area contributed by atoms with Gasteiger partial charge in [-0.2, -0.15) is 0 Å². The van der Waals surface area contributed by atoms with Gasteiger partial charge in [-0.3, -0.25) is 14.7 Å². The molecule has 3 unspecified atom stereocenters. The summed E-state index contributed by atoms with van der Waals surface area (Å²) in [6.45, 7) is 1.21. The number of aromatic nitrogens is 2. The number of benzene rings is 3. The SMILES string of the molecule is COC12CC(COC(=O)c3cncc(Br)c3)CN(C)C1Cc1cn(C)c3cccc2c13.COc1cc(O)c(C(=O)c2ccccc2)c(OC)c1. The van der Waals surface area contributed by atoms with Crippen molar-refractivity contribution in [2.75, 3.05) is 41.5 Å². The third kappa shape index (κ3) is 6.60. The van der Waals surface area contributed by atoms with Crippen LogP contribution in [0.15, 0.2) is 89.8 Å². The minimum atomic E-state index is -0.421. The molecule has 1 saturated heterocycles. The van der Waals surface area contributed by atoms with E-state index in [-0.39, 0.29) is 40.8 Å². The number of fused-ring (bicyclic) bond motifs is 2. The lowest BCUT2D eigenvalue weighted by Crippen LogP contribution is -2.59. The van der Waals surface area contributed by atoms with Crippen molar-refractivity contribution in [2.45, 2.75) is 24.5 Å². The molecule has 7 rings (SSSR count). The molecule has 50 heavy (non-hydrogen) atoms. The third-order valence-electron chi connectivity index (χ3n) is 9.70. The van der Waals surface area contributed by atoms with E-state index in [1.54, 1.807) is 42.6 Å². The zero-order valence-corrected chi connectivity index (χ0v) is 30.3. The summed E-state index contributed by atoms with van der Waals surface area (Å²) in [5.41, 5.74) is 4.52. The maximum Gasteiger partial charge on any atom is 0.339 e. The molecule has 0 bridgehead atoms. The highest BCUT2D eigenvalue weighted by atomic mass is 79.9. The molecule has 3 atom stereocenters. The Morgan fingerprint density at radius 1 is 0.980 bits per heavy atom. The number of nitrogens with zero attached hydrogens (tertiary/aromatic N) is 3. The maximum atomic E-state index is 12.5. The molecular formula is C39H40BrN3O7. The number of likely N-dealkylation sites (N-methyl/N-ethyl adjacent to an activating group) is 1. The fraction of sp³-hybridized carbons (Fsp3) is 0.308. The van der Waals surface area contributed by atoms with Crippen LogP contribution in [-0.2, 0) is 28.5 Å². The van der Waals surface area contributed by atoms with Crippen LogP contribution in [0.1, 0.15) is 43.8 Å². The van der Waals surface area contributed by atoms with Crippen LogP contribution in [0.5, 0.6) is 17.2 Å². The van der Waals surface area contributed by atoms with Gasteiger partial charge in [-0.15, -0.1) is 0 Å². The zero-order valence-electron chi connectivity index (χ0n) is 28.7. The number of rotatable bonds is 8. The van der Waals surface area contributed by atoms with Crippen molar-refractivity contribution in [3.05, 3.63) is 118 Å². The minimum Gasteiger partial charge on any atom is -0.507 e. The van der Waals surface area contributed by atoms with Gasteiger partial charge in [0.2, 0.25) is 5.78 Å². The molecule has 1 N–H and O–H groups in total. The number of aryl methyl sites for hydroxylation is 1. The number of likely N-dealkylation sites (tertiary alicyclic amines) is 1. The van der Waals surface area contributed by atoms with Crippen LogP contribution >= 0.6 is 15.9 Å². The first kappa shape index (κ1) is 35.1. The predicted molar refractivity (Wildman–Crippen MR) is 193 cm³/mol. The number of halogens is 1. The number of pyridine rings is 1. The molecule has 2 aromatic heterocycles. The Morgan fingerprint density at radius 3 is 2.46 bits per heavy atom. The lowest BCUT2D eigenvalue weighted by atomic mass is 9.69. The van der Waals surface area contributed by atoms with Crippen LogP contribution in [0.3, 0.4) is 0 Å². The lowest BCUT2D eigenvalue weighted by Gasteiger charge is -2.53. The van der Waals surface area contributed by atoms with Gasteiger partial charge < -0.3 is 28.6 Å². The van der Waals surface area contributed by atoms with Gasteiger partial charge >= 0.3 is 5.97 Å². The molecule has 3 heterocycles. The Kier molecular flexibility index (Phi) is 10.3. The molecule has 5 aromatic rings. The van der Waals surface area contributed by atoms with Gasteiger partial charge in [0.1, 0.15) is 28.4 Å². The fourth-order valence-corrected chi connectivity index (χ4v) is 7.81. The fourth-order valence-electron chi connectivity index (χ4n) is 7.44. The summed E-state index contributed by atoms with van der Waals surface area (Å²) < 4.78 is 25.2. The largest absolute Gasteiger partial charge is 0.507 e. The number of carbonyl (C=O) groups excluding carboxylic acids is 2. The van der Waals surface area contributed by atoms with Crippen LogP contribution in [0.2, 0.25) is 0 Å². The van der Waals surface area contributed by atoms with E-state index in [1.807, 2.05) is 13.2 Å². The predicted octanol–water partition coefficient (Wildman–Crippen LogP) is 6.55. The van der Waals surface area contributed by atoms with Gasteiger partial charge in [-0.1, -0.05) is 42.5 Å². The quantitative estimate of drug-likeness (QED) is 0.140. The lowest BCUT2D eigenvalue weighted by molar-refractivity contribution is -0.131. The average Bonchev–Trinajstić information content (AvgIpc) is 3.46. The van der Waals surface area contributed by atoms with Crippen LogP contribution in [0.4, 0.5) is 0 Å². The molecular weight excluding hydrogens is 702 g/mol. The van der Waals surface area contributed by atoms with Crippen LogP contribution in [0.25, 0.3) is 10.9 Å². The van der Waals surface area contributed by atoms with Crippen molar-refractivity contribution in [3.63, 3.8) is 0 Å². The Labute approximate surface area is 299 Å². The van der Waals surface area contributed by atoms with E-state index in [0.717, 1.165) is 23.9 Å². The molecule has 3 aromatic carbocycles. The van der Waals surface area contributed by atoms with Crippen LogP contribution in [0, 0.1) is 5.92 Å². The average molecular weight is 743 g/mol.